The van der Waals surface area contributed by atoms with Crippen molar-refractivity contribution >= 4 is 11.8 Å². The standard InChI is InChI=1S/C16H22N6O/c1-21(2)14-9-11-17-16(20-14)19-12-5-7-13(8-6-12)22-15(23)4-3-10-18-22/h3-4,9-13H,5-8H2,1-2H3,(H,17,19,20). The van der Waals surface area contributed by atoms with Crippen LogP contribution in [0.2, 0.25) is 0 Å². The van der Waals surface area contributed by atoms with Crippen molar-refractivity contribution in [1.29, 1.82) is 0 Å². The molecular weight excluding hydrogens is 292 g/mol. The van der Waals surface area contributed by atoms with Crippen LogP contribution in [0.5, 0.6) is 0 Å². The molecule has 0 spiro atoms. The first-order valence-corrected chi connectivity index (χ1v) is 7.94. The van der Waals surface area contributed by atoms with Gasteiger partial charge in [0.2, 0.25) is 5.95 Å². The molecule has 0 aliphatic heterocycles. The van der Waals surface area contributed by atoms with Crippen LogP contribution in [0.15, 0.2) is 35.4 Å². The van der Waals surface area contributed by atoms with Gasteiger partial charge in [0.25, 0.3) is 5.56 Å². The molecule has 2 aromatic heterocycles. The number of anilines is 2. The van der Waals surface area contributed by atoms with Crippen LogP contribution in [0.1, 0.15) is 31.7 Å². The zero-order chi connectivity index (χ0) is 16.2. The normalized spacial score (nSPS) is 21.0. The fourth-order valence-corrected chi connectivity index (χ4v) is 2.96. The van der Waals surface area contributed by atoms with E-state index in [0.717, 1.165) is 31.5 Å². The van der Waals surface area contributed by atoms with Gasteiger partial charge in [0.05, 0.1) is 6.04 Å². The van der Waals surface area contributed by atoms with Gasteiger partial charge < -0.3 is 10.2 Å². The molecule has 1 aliphatic rings. The Bertz CT molecular complexity index is 705. The molecule has 0 bridgehead atoms. The Hall–Kier alpha value is -2.44. The van der Waals surface area contributed by atoms with Gasteiger partial charge in [-0.05, 0) is 37.8 Å². The zero-order valence-corrected chi connectivity index (χ0v) is 13.5. The zero-order valence-electron chi connectivity index (χ0n) is 13.5. The lowest BCUT2D eigenvalue weighted by atomic mass is 9.91. The van der Waals surface area contributed by atoms with Crippen molar-refractivity contribution in [1.82, 2.24) is 19.7 Å². The molecule has 0 saturated heterocycles. The highest BCUT2D eigenvalue weighted by Crippen LogP contribution is 2.28. The number of nitrogens with one attached hydrogen (secondary N) is 1. The van der Waals surface area contributed by atoms with E-state index in [9.17, 15) is 4.79 Å². The smallest absolute Gasteiger partial charge is 0.266 e. The first kappa shape index (κ1) is 15.5. The summed E-state index contributed by atoms with van der Waals surface area (Å²) < 4.78 is 1.61. The average Bonchev–Trinajstić information content (AvgIpc) is 2.56. The molecule has 1 fully saturated rings. The fraction of sp³-hybridized carbons (Fsp3) is 0.500. The Kier molecular flexibility index (Phi) is 4.55. The molecule has 23 heavy (non-hydrogen) atoms. The maximum atomic E-state index is 11.9. The minimum Gasteiger partial charge on any atom is -0.363 e. The lowest BCUT2D eigenvalue weighted by Crippen LogP contribution is -2.33. The Morgan fingerprint density at radius 1 is 1.17 bits per heavy atom. The quantitative estimate of drug-likeness (QED) is 0.925. The van der Waals surface area contributed by atoms with Crippen molar-refractivity contribution in [2.45, 2.75) is 37.8 Å². The predicted octanol–water partition coefficient (Wildman–Crippen LogP) is 1.70. The molecule has 0 aromatic carbocycles. The first-order chi connectivity index (χ1) is 11.1. The largest absolute Gasteiger partial charge is 0.363 e. The Labute approximate surface area is 135 Å². The summed E-state index contributed by atoms with van der Waals surface area (Å²) in [6, 6.07) is 5.66. The van der Waals surface area contributed by atoms with Crippen LogP contribution >= 0.6 is 0 Å². The van der Waals surface area contributed by atoms with Crippen molar-refractivity contribution in [3.05, 3.63) is 40.9 Å². The second-order valence-electron chi connectivity index (χ2n) is 6.09. The summed E-state index contributed by atoms with van der Waals surface area (Å²) in [4.78, 5) is 22.6. The lowest BCUT2D eigenvalue weighted by molar-refractivity contribution is 0.303. The van der Waals surface area contributed by atoms with Crippen LogP contribution < -0.4 is 15.8 Å². The lowest BCUT2D eigenvalue weighted by Gasteiger charge is -2.29. The van der Waals surface area contributed by atoms with Crippen LogP contribution in [-0.4, -0.2) is 39.9 Å². The summed E-state index contributed by atoms with van der Waals surface area (Å²) in [5.41, 5.74) is -0.0223. The number of aromatic nitrogens is 4. The van der Waals surface area contributed by atoms with Gasteiger partial charge in [-0.25, -0.2) is 9.67 Å². The van der Waals surface area contributed by atoms with Gasteiger partial charge >= 0.3 is 0 Å². The molecule has 0 atom stereocenters. The summed E-state index contributed by atoms with van der Waals surface area (Å²) in [7, 11) is 3.92. The predicted molar refractivity (Wildman–Crippen MR) is 89.8 cm³/mol. The molecule has 7 nitrogen and oxygen atoms in total. The highest BCUT2D eigenvalue weighted by atomic mass is 16.1. The van der Waals surface area contributed by atoms with E-state index in [-0.39, 0.29) is 11.6 Å². The minimum atomic E-state index is -0.0223. The van der Waals surface area contributed by atoms with Crippen molar-refractivity contribution in [2.75, 3.05) is 24.3 Å². The van der Waals surface area contributed by atoms with Gasteiger partial charge in [-0.15, -0.1) is 0 Å². The van der Waals surface area contributed by atoms with Crippen LogP contribution in [0, 0.1) is 0 Å². The Morgan fingerprint density at radius 3 is 2.65 bits per heavy atom. The third kappa shape index (κ3) is 3.67. The summed E-state index contributed by atoms with van der Waals surface area (Å²) in [5.74, 6) is 1.55. The number of hydrogen-bond donors (Lipinski definition) is 1. The molecule has 0 amide bonds. The van der Waals surface area contributed by atoms with E-state index in [1.807, 2.05) is 25.1 Å². The highest BCUT2D eigenvalue weighted by molar-refractivity contribution is 5.41. The molecule has 7 heteroatoms. The van der Waals surface area contributed by atoms with Gasteiger partial charge in [-0.1, -0.05) is 0 Å². The van der Waals surface area contributed by atoms with E-state index >= 15 is 0 Å². The summed E-state index contributed by atoms with van der Waals surface area (Å²) >= 11 is 0. The third-order valence-electron chi connectivity index (χ3n) is 4.22. The van der Waals surface area contributed by atoms with Gasteiger partial charge in [0.1, 0.15) is 5.82 Å². The second kappa shape index (κ2) is 6.76. The van der Waals surface area contributed by atoms with Crippen molar-refractivity contribution < 1.29 is 0 Å². The number of hydrogen-bond acceptors (Lipinski definition) is 6. The topological polar surface area (TPSA) is 75.9 Å². The molecule has 3 rings (SSSR count). The number of nitrogens with zero attached hydrogens (tertiary/aromatic N) is 5. The molecular formula is C16H22N6O. The highest BCUT2D eigenvalue weighted by Gasteiger charge is 2.24. The van der Waals surface area contributed by atoms with Gasteiger partial charge in [0.15, 0.2) is 0 Å². The molecule has 2 heterocycles. The maximum Gasteiger partial charge on any atom is 0.266 e. The van der Waals surface area contributed by atoms with E-state index in [2.05, 4.69) is 20.4 Å². The molecule has 1 saturated carbocycles. The molecule has 2 aromatic rings. The van der Waals surface area contributed by atoms with Crippen molar-refractivity contribution in [2.24, 2.45) is 0 Å². The van der Waals surface area contributed by atoms with E-state index in [1.165, 1.54) is 0 Å². The SMILES string of the molecule is CN(C)c1ccnc(NC2CCC(n3ncccc3=O)CC2)n1. The van der Waals surface area contributed by atoms with Gasteiger partial charge in [0, 0.05) is 38.6 Å². The first-order valence-electron chi connectivity index (χ1n) is 7.94. The van der Waals surface area contributed by atoms with Crippen LogP contribution in [0.4, 0.5) is 11.8 Å². The molecule has 0 unspecified atom stereocenters. The van der Waals surface area contributed by atoms with Crippen LogP contribution in [0.25, 0.3) is 0 Å². The molecule has 1 aliphatic carbocycles. The fourth-order valence-electron chi connectivity index (χ4n) is 2.96. The van der Waals surface area contributed by atoms with Crippen molar-refractivity contribution in [3.63, 3.8) is 0 Å². The minimum absolute atomic E-state index is 0.0223. The average molecular weight is 314 g/mol. The molecule has 0 radical (unpaired) electrons. The third-order valence-corrected chi connectivity index (χ3v) is 4.22. The second-order valence-corrected chi connectivity index (χ2v) is 6.09. The van der Waals surface area contributed by atoms with E-state index < -0.39 is 0 Å². The molecule has 122 valence electrons. The molecule has 1 N–H and O–H groups in total. The van der Waals surface area contributed by atoms with E-state index in [4.69, 9.17) is 0 Å². The Balaban J connectivity index is 1.60. The van der Waals surface area contributed by atoms with E-state index in [0.29, 0.717) is 12.0 Å². The monoisotopic (exact) mass is 314 g/mol. The summed E-state index contributed by atoms with van der Waals surface area (Å²) in [6.07, 6.45) is 7.26. The van der Waals surface area contributed by atoms with Crippen molar-refractivity contribution in [3.8, 4) is 0 Å². The van der Waals surface area contributed by atoms with Crippen LogP contribution in [0.3, 0.4) is 0 Å². The number of rotatable bonds is 4. The van der Waals surface area contributed by atoms with Gasteiger partial charge in [-0.2, -0.15) is 10.1 Å². The van der Waals surface area contributed by atoms with Crippen LogP contribution in [-0.2, 0) is 0 Å². The Morgan fingerprint density at radius 2 is 1.96 bits per heavy atom. The van der Waals surface area contributed by atoms with E-state index in [1.54, 1.807) is 29.2 Å². The maximum absolute atomic E-state index is 11.9. The summed E-state index contributed by atoms with van der Waals surface area (Å²) in [6.45, 7) is 0. The van der Waals surface area contributed by atoms with Gasteiger partial charge in [-0.3, -0.25) is 4.79 Å². The summed E-state index contributed by atoms with van der Waals surface area (Å²) in [5, 5.41) is 7.60.